The van der Waals surface area contributed by atoms with Crippen molar-refractivity contribution in [2.75, 3.05) is 6.61 Å². The number of carbonyl (C=O) groups is 1. The highest BCUT2D eigenvalue weighted by atomic mass is 35.5. The van der Waals surface area contributed by atoms with Crippen LogP contribution in [0, 0.1) is 0 Å². The molecule has 0 unspecified atom stereocenters. The molecule has 1 aliphatic rings. The Balaban J connectivity index is 1.78. The number of cyclic esters (lactones) is 1. The standard InChI is InChI=1S/C20H17Cl2NO3/c1-2-3-10-25-16-8-5-13(6-9-16)19-23-18(20(24)26-19)11-14-4-7-15(21)12-17(14)22/h4-9,11-12H,2-3,10H2,1H3/b18-11-. The molecule has 0 saturated carbocycles. The Kier molecular flexibility index (Phi) is 5.96. The summed E-state index contributed by atoms with van der Waals surface area (Å²) >= 11 is 12.0. The SMILES string of the molecule is CCCCOc1ccc(C2=N/C(=C\c3ccc(Cl)cc3Cl)C(=O)O2)cc1. The van der Waals surface area contributed by atoms with Crippen molar-refractivity contribution in [3.05, 3.63) is 69.3 Å². The molecule has 2 aromatic rings. The molecule has 0 fully saturated rings. The van der Waals surface area contributed by atoms with Crippen molar-refractivity contribution in [3.63, 3.8) is 0 Å². The highest BCUT2D eigenvalue weighted by Crippen LogP contribution is 2.26. The van der Waals surface area contributed by atoms with Gasteiger partial charge in [0.2, 0.25) is 5.90 Å². The second-order valence-electron chi connectivity index (χ2n) is 5.73. The molecule has 0 aliphatic carbocycles. The second kappa shape index (κ2) is 8.39. The highest BCUT2D eigenvalue weighted by Gasteiger charge is 2.24. The lowest BCUT2D eigenvalue weighted by Crippen LogP contribution is -2.05. The van der Waals surface area contributed by atoms with Gasteiger partial charge in [-0.15, -0.1) is 0 Å². The molecule has 0 saturated heterocycles. The number of esters is 1. The summed E-state index contributed by atoms with van der Waals surface area (Å²) < 4.78 is 10.9. The number of rotatable bonds is 6. The molecule has 0 radical (unpaired) electrons. The van der Waals surface area contributed by atoms with Gasteiger partial charge in [0.25, 0.3) is 0 Å². The third-order valence-electron chi connectivity index (χ3n) is 3.74. The number of ether oxygens (including phenoxy) is 2. The minimum Gasteiger partial charge on any atom is -0.494 e. The van der Waals surface area contributed by atoms with Crippen LogP contribution in [0.4, 0.5) is 0 Å². The molecule has 0 N–H and O–H groups in total. The van der Waals surface area contributed by atoms with Gasteiger partial charge in [-0.3, -0.25) is 0 Å². The number of halogens is 2. The van der Waals surface area contributed by atoms with E-state index in [0.29, 0.717) is 27.8 Å². The second-order valence-corrected chi connectivity index (χ2v) is 6.57. The van der Waals surface area contributed by atoms with Gasteiger partial charge in [0.15, 0.2) is 5.70 Å². The minimum atomic E-state index is -0.519. The average Bonchev–Trinajstić information content (AvgIpc) is 2.99. The van der Waals surface area contributed by atoms with Crippen LogP contribution in [0.1, 0.15) is 30.9 Å². The van der Waals surface area contributed by atoms with E-state index < -0.39 is 5.97 Å². The molecule has 2 aromatic carbocycles. The molecule has 3 rings (SSSR count). The smallest absolute Gasteiger partial charge is 0.363 e. The van der Waals surface area contributed by atoms with E-state index in [9.17, 15) is 4.79 Å². The summed E-state index contributed by atoms with van der Waals surface area (Å²) in [5, 5.41) is 0.964. The number of carbonyl (C=O) groups excluding carboxylic acids is 1. The number of hydrogen-bond acceptors (Lipinski definition) is 4. The molecule has 0 bridgehead atoms. The Morgan fingerprint density at radius 3 is 2.62 bits per heavy atom. The summed E-state index contributed by atoms with van der Waals surface area (Å²) in [5.74, 6) is 0.511. The van der Waals surface area contributed by atoms with Gasteiger partial charge in [0.05, 0.1) is 6.61 Å². The quantitative estimate of drug-likeness (QED) is 0.371. The van der Waals surface area contributed by atoms with Crippen LogP contribution < -0.4 is 4.74 Å². The van der Waals surface area contributed by atoms with E-state index in [4.69, 9.17) is 32.7 Å². The predicted octanol–water partition coefficient (Wildman–Crippen LogP) is 5.52. The first kappa shape index (κ1) is 18.5. The van der Waals surface area contributed by atoms with Gasteiger partial charge in [-0.05, 0) is 54.5 Å². The first-order chi connectivity index (χ1) is 12.6. The zero-order valence-electron chi connectivity index (χ0n) is 14.2. The summed E-state index contributed by atoms with van der Waals surface area (Å²) in [4.78, 5) is 16.4. The zero-order chi connectivity index (χ0) is 18.5. The number of benzene rings is 2. The third-order valence-corrected chi connectivity index (χ3v) is 4.31. The van der Waals surface area contributed by atoms with E-state index in [2.05, 4.69) is 11.9 Å². The lowest BCUT2D eigenvalue weighted by Gasteiger charge is -2.05. The van der Waals surface area contributed by atoms with Crippen molar-refractivity contribution in [2.24, 2.45) is 4.99 Å². The van der Waals surface area contributed by atoms with Gasteiger partial charge in [-0.1, -0.05) is 42.6 Å². The van der Waals surface area contributed by atoms with Crippen molar-refractivity contribution in [1.29, 1.82) is 0 Å². The zero-order valence-corrected chi connectivity index (χ0v) is 15.7. The van der Waals surface area contributed by atoms with Crippen LogP contribution in [0.25, 0.3) is 6.08 Å². The molecule has 4 nitrogen and oxygen atoms in total. The monoisotopic (exact) mass is 389 g/mol. The van der Waals surface area contributed by atoms with Crippen LogP contribution in [0.5, 0.6) is 5.75 Å². The number of unbranched alkanes of at least 4 members (excludes halogenated alkanes) is 1. The molecule has 6 heteroatoms. The minimum absolute atomic E-state index is 0.187. The first-order valence-corrected chi connectivity index (χ1v) is 9.03. The Bertz CT molecular complexity index is 873. The summed E-state index contributed by atoms with van der Waals surface area (Å²) in [5.41, 5.74) is 1.53. The largest absolute Gasteiger partial charge is 0.494 e. The highest BCUT2D eigenvalue weighted by molar-refractivity contribution is 6.35. The first-order valence-electron chi connectivity index (χ1n) is 8.27. The maximum absolute atomic E-state index is 12.1. The Morgan fingerprint density at radius 2 is 1.92 bits per heavy atom. The average molecular weight is 390 g/mol. The normalized spacial score (nSPS) is 15.1. The summed E-state index contributed by atoms with van der Waals surface area (Å²) in [6.07, 6.45) is 3.67. The van der Waals surface area contributed by atoms with Crippen LogP contribution in [0.3, 0.4) is 0 Å². The lowest BCUT2D eigenvalue weighted by atomic mass is 10.2. The van der Waals surface area contributed by atoms with Crippen LogP contribution >= 0.6 is 23.2 Å². The van der Waals surface area contributed by atoms with Gasteiger partial charge >= 0.3 is 5.97 Å². The number of hydrogen-bond donors (Lipinski definition) is 0. The van der Waals surface area contributed by atoms with E-state index in [-0.39, 0.29) is 11.6 Å². The molecule has 0 spiro atoms. The maximum Gasteiger partial charge on any atom is 0.363 e. The predicted molar refractivity (Wildman–Crippen MR) is 104 cm³/mol. The van der Waals surface area contributed by atoms with Gasteiger partial charge < -0.3 is 9.47 Å². The molecule has 26 heavy (non-hydrogen) atoms. The fourth-order valence-electron chi connectivity index (χ4n) is 2.33. The Labute approximate surface area is 162 Å². The number of aliphatic imine (C=N–C) groups is 1. The lowest BCUT2D eigenvalue weighted by molar-refractivity contribution is -0.129. The summed E-state index contributed by atoms with van der Waals surface area (Å²) in [6, 6.07) is 12.3. The van der Waals surface area contributed by atoms with Gasteiger partial charge in [-0.2, -0.15) is 0 Å². The molecular weight excluding hydrogens is 373 g/mol. The van der Waals surface area contributed by atoms with Crippen molar-refractivity contribution in [3.8, 4) is 5.75 Å². The fraction of sp³-hybridized carbons (Fsp3) is 0.200. The molecule has 0 atom stereocenters. The third kappa shape index (κ3) is 4.45. The van der Waals surface area contributed by atoms with E-state index in [1.54, 1.807) is 24.3 Å². The molecule has 0 amide bonds. The molecule has 1 heterocycles. The molecule has 134 valence electrons. The summed E-state index contributed by atoms with van der Waals surface area (Å²) in [6.45, 7) is 2.79. The fourth-order valence-corrected chi connectivity index (χ4v) is 2.79. The van der Waals surface area contributed by atoms with Crippen molar-refractivity contribution < 1.29 is 14.3 Å². The van der Waals surface area contributed by atoms with Crippen LogP contribution in [0.15, 0.2) is 53.2 Å². The van der Waals surface area contributed by atoms with Crippen LogP contribution in [0.2, 0.25) is 10.0 Å². The molecule has 0 aromatic heterocycles. The number of nitrogens with zero attached hydrogens (tertiary/aromatic N) is 1. The van der Waals surface area contributed by atoms with E-state index in [0.717, 1.165) is 18.6 Å². The van der Waals surface area contributed by atoms with E-state index >= 15 is 0 Å². The Morgan fingerprint density at radius 1 is 1.15 bits per heavy atom. The van der Waals surface area contributed by atoms with Crippen molar-refractivity contribution in [2.45, 2.75) is 19.8 Å². The maximum atomic E-state index is 12.1. The molecular formula is C20H17Cl2NO3. The van der Waals surface area contributed by atoms with E-state index in [1.165, 1.54) is 0 Å². The van der Waals surface area contributed by atoms with Gasteiger partial charge in [-0.25, -0.2) is 9.79 Å². The van der Waals surface area contributed by atoms with Gasteiger partial charge in [0.1, 0.15) is 5.75 Å². The van der Waals surface area contributed by atoms with E-state index in [1.807, 2.05) is 24.3 Å². The van der Waals surface area contributed by atoms with Gasteiger partial charge in [0, 0.05) is 15.6 Å². The van der Waals surface area contributed by atoms with Crippen LogP contribution in [-0.4, -0.2) is 18.5 Å². The van der Waals surface area contributed by atoms with Crippen LogP contribution in [-0.2, 0) is 9.53 Å². The van der Waals surface area contributed by atoms with Crippen molar-refractivity contribution >= 4 is 41.1 Å². The summed E-state index contributed by atoms with van der Waals surface area (Å²) in [7, 11) is 0. The molecule has 1 aliphatic heterocycles. The topological polar surface area (TPSA) is 47.9 Å². The van der Waals surface area contributed by atoms with Crippen molar-refractivity contribution in [1.82, 2.24) is 0 Å². The Hall–Kier alpha value is -2.30.